The standard InChI is InChI=1S/C10H21N3O2/c1-9-8-13(6-7-15-9)5-3-2-4-10(11)12-14/h9,14H,2-8H2,1H3,(H2,11,12). The minimum absolute atomic E-state index is 0.324. The fourth-order valence-electron chi connectivity index (χ4n) is 1.79. The van der Waals surface area contributed by atoms with E-state index in [-0.39, 0.29) is 0 Å². The summed E-state index contributed by atoms with van der Waals surface area (Å²) in [5.41, 5.74) is 5.38. The molecule has 1 saturated heterocycles. The van der Waals surface area contributed by atoms with E-state index >= 15 is 0 Å². The Morgan fingerprint density at radius 2 is 2.40 bits per heavy atom. The molecule has 5 nitrogen and oxygen atoms in total. The lowest BCUT2D eigenvalue weighted by molar-refractivity contribution is -0.0185. The van der Waals surface area contributed by atoms with Gasteiger partial charge in [-0.2, -0.15) is 0 Å². The Kier molecular flexibility index (Phi) is 5.42. The highest BCUT2D eigenvalue weighted by molar-refractivity contribution is 5.79. The van der Waals surface area contributed by atoms with E-state index in [1.54, 1.807) is 0 Å². The van der Waals surface area contributed by atoms with E-state index < -0.39 is 0 Å². The number of nitrogens with two attached hydrogens (primary N) is 1. The van der Waals surface area contributed by atoms with Crippen LogP contribution in [0.3, 0.4) is 0 Å². The molecule has 1 unspecified atom stereocenters. The lowest BCUT2D eigenvalue weighted by atomic mass is 10.2. The molecule has 1 atom stereocenters. The van der Waals surface area contributed by atoms with Crippen molar-refractivity contribution in [1.82, 2.24) is 4.90 Å². The monoisotopic (exact) mass is 215 g/mol. The molecular weight excluding hydrogens is 194 g/mol. The fourth-order valence-corrected chi connectivity index (χ4v) is 1.79. The summed E-state index contributed by atoms with van der Waals surface area (Å²) in [5.74, 6) is 0.324. The number of hydrogen-bond acceptors (Lipinski definition) is 4. The van der Waals surface area contributed by atoms with E-state index in [1.165, 1.54) is 0 Å². The average molecular weight is 215 g/mol. The van der Waals surface area contributed by atoms with Crippen molar-refractivity contribution in [2.75, 3.05) is 26.2 Å². The van der Waals surface area contributed by atoms with Crippen LogP contribution in [0.1, 0.15) is 26.2 Å². The van der Waals surface area contributed by atoms with Crippen molar-refractivity contribution in [2.45, 2.75) is 32.3 Å². The van der Waals surface area contributed by atoms with Crippen molar-refractivity contribution in [2.24, 2.45) is 10.9 Å². The molecule has 1 rings (SSSR count). The molecule has 0 spiro atoms. The molecule has 3 N–H and O–H groups in total. The number of amidine groups is 1. The van der Waals surface area contributed by atoms with Crippen LogP contribution in [0, 0.1) is 0 Å². The summed E-state index contributed by atoms with van der Waals surface area (Å²) >= 11 is 0. The maximum atomic E-state index is 8.35. The van der Waals surface area contributed by atoms with Crippen molar-refractivity contribution in [3.8, 4) is 0 Å². The minimum atomic E-state index is 0.324. The quantitative estimate of drug-likeness (QED) is 0.232. The maximum absolute atomic E-state index is 8.35. The Bertz CT molecular complexity index is 209. The third-order valence-corrected chi connectivity index (χ3v) is 2.61. The van der Waals surface area contributed by atoms with Gasteiger partial charge in [-0.1, -0.05) is 5.16 Å². The summed E-state index contributed by atoms with van der Waals surface area (Å²) in [6.07, 6.45) is 3.09. The number of rotatable bonds is 5. The summed E-state index contributed by atoms with van der Waals surface area (Å²) < 4.78 is 5.46. The molecule has 0 radical (unpaired) electrons. The fraction of sp³-hybridized carbons (Fsp3) is 0.900. The Balaban J connectivity index is 2.04. The average Bonchev–Trinajstić information content (AvgIpc) is 2.24. The van der Waals surface area contributed by atoms with Gasteiger partial charge in [0.15, 0.2) is 0 Å². The van der Waals surface area contributed by atoms with Gasteiger partial charge in [0, 0.05) is 19.5 Å². The summed E-state index contributed by atoms with van der Waals surface area (Å²) in [6, 6.07) is 0. The smallest absolute Gasteiger partial charge is 0.139 e. The van der Waals surface area contributed by atoms with E-state index in [2.05, 4.69) is 17.0 Å². The topological polar surface area (TPSA) is 71.1 Å². The van der Waals surface area contributed by atoms with Crippen LogP contribution in [-0.4, -0.2) is 48.3 Å². The second-order valence-electron chi connectivity index (χ2n) is 4.03. The summed E-state index contributed by atoms with van der Waals surface area (Å²) in [6.45, 7) is 6.05. The molecule has 0 aliphatic carbocycles. The Morgan fingerprint density at radius 3 is 3.07 bits per heavy atom. The summed E-state index contributed by atoms with van der Waals surface area (Å²) in [5, 5.41) is 11.3. The molecule has 1 heterocycles. The van der Waals surface area contributed by atoms with Crippen LogP contribution < -0.4 is 5.73 Å². The second-order valence-corrected chi connectivity index (χ2v) is 4.03. The van der Waals surface area contributed by atoms with Gasteiger partial charge in [-0.25, -0.2) is 0 Å². The highest BCUT2D eigenvalue weighted by atomic mass is 16.5. The zero-order valence-electron chi connectivity index (χ0n) is 9.35. The van der Waals surface area contributed by atoms with Gasteiger partial charge in [-0.3, -0.25) is 4.90 Å². The van der Waals surface area contributed by atoms with Crippen LogP contribution in [0.5, 0.6) is 0 Å². The zero-order chi connectivity index (χ0) is 11.1. The van der Waals surface area contributed by atoms with Gasteiger partial charge in [-0.05, 0) is 26.3 Å². The van der Waals surface area contributed by atoms with Crippen LogP contribution in [0.2, 0.25) is 0 Å². The van der Waals surface area contributed by atoms with Crippen LogP contribution in [0.15, 0.2) is 5.16 Å². The lowest BCUT2D eigenvalue weighted by Crippen LogP contribution is -2.41. The van der Waals surface area contributed by atoms with Crippen LogP contribution in [0.4, 0.5) is 0 Å². The number of hydrogen-bond donors (Lipinski definition) is 2. The Labute approximate surface area is 90.9 Å². The normalized spacial score (nSPS) is 24.3. The highest BCUT2D eigenvalue weighted by Gasteiger charge is 2.15. The highest BCUT2D eigenvalue weighted by Crippen LogP contribution is 2.06. The van der Waals surface area contributed by atoms with Gasteiger partial charge >= 0.3 is 0 Å². The van der Waals surface area contributed by atoms with Crippen molar-refractivity contribution in [1.29, 1.82) is 0 Å². The van der Waals surface area contributed by atoms with Gasteiger partial charge in [0.1, 0.15) is 5.84 Å². The van der Waals surface area contributed by atoms with Crippen molar-refractivity contribution < 1.29 is 9.94 Å². The van der Waals surface area contributed by atoms with Crippen LogP contribution in [0.25, 0.3) is 0 Å². The Morgan fingerprint density at radius 1 is 1.60 bits per heavy atom. The van der Waals surface area contributed by atoms with Gasteiger partial charge in [0.05, 0.1) is 12.7 Å². The van der Waals surface area contributed by atoms with E-state index in [0.29, 0.717) is 18.4 Å². The summed E-state index contributed by atoms with van der Waals surface area (Å²) in [7, 11) is 0. The van der Waals surface area contributed by atoms with Gasteiger partial charge in [0.25, 0.3) is 0 Å². The molecule has 0 aromatic rings. The predicted octanol–water partition coefficient (Wildman–Crippen LogP) is 0.624. The molecule has 15 heavy (non-hydrogen) atoms. The third kappa shape index (κ3) is 4.99. The minimum Gasteiger partial charge on any atom is -0.409 e. The molecule has 1 fully saturated rings. The van der Waals surface area contributed by atoms with E-state index in [0.717, 1.165) is 39.1 Å². The maximum Gasteiger partial charge on any atom is 0.139 e. The number of oxime groups is 1. The number of ether oxygens (including phenoxy) is 1. The van der Waals surface area contributed by atoms with Crippen LogP contribution >= 0.6 is 0 Å². The summed E-state index contributed by atoms with van der Waals surface area (Å²) in [4.78, 5) is 2.40. The Hall–Kier alpha value is -0.810. The van der Waals surface area contributed by atoms with E-state index in [1.807, 2.05) is 0 Å². The molecule has 0 aromatic heterocycles. The molecule has 1 aliphatic rings. The van der Waals surface area contributed by atoms with Crippen LogP contribution in [-0.2, 0) is 4.74 Å². The first kappa shape index (κ1) is 12.3. The molecule has 0 amide bonds. The molecule has 0 bridgehead atoms. The molecule has 1 aliphatic heterocycles. The number of unbranched alkanes of at least 4 members (excludes halogenated alkanes) is 1. The SMILES string of the molecule is CC1CN(CCCCC(N)=NO)CCO1. The van der Waals surface area contributed by atoms with Gasteiger partial charge < -0.3 is 15.7 Å². The van der Waals surface area contributed by atoms with Crippen molar-refractivity contribution >= 4 is 5.84 Å². The number of nitrogens with zero attached hydrogens (tertiary/aromatic N) is 2. The zero-order valence-corrected chi connectivity index (χ0v) is 9.35. The first-order valence-electron chi connectivity index (χ1n) is 5.52. The molecule has 5 heteroatoms. The first-order chi connectivity index (χ1) is 7.22. The lowest BCUT2D eigenvalue weighted by Gasteiger charge is -2.30. The first-order valence-corrected chi connectivity index (χ1v) is 5.52. The molecule has 88 valence electrons. The molecule has 0 aromatic carbocycles. The second kappa shape index (κ2) is 6.63. The van der Waals surface area contributed by atoms with Crippen molar-refractivity contribution in [3.63, 3.8) is 0 Å². The van der Waals surface area contributed by atoms with Crippen molar-refractivity contribution in [3.05, 3.63) is 0 Å². The van der Waals surface area contributed by atoms with E-state index in [9.17, 15) is 0 Å². The predicted molar refractivity (Wildman–Crippen MR) is 59.1 cm³/mol. The van der Waals surface area contributed by atoms with E-state index in [4.69, 9.17) is 15.7 Å². The largest absolute Gasteiger partial charge is 0.409 e. The number of morpholine rings is 1. The molecule has 0 saturated carbocycles. The molecular formula is C10H21N3O2. The van der Waals surface area contributed by atoms with Gasteiger partial charge in [-0.15, -0.1) is 0 Å². The van der Waals surface area contributed by atoms with Gasteiger partial charge in [0.2, 0.25) is 0 Å². The third-order valence-electron chi connectivity index (χ3n) is 2.61.